The Labute approximate surface area is 121 Å². The lowest BCUT2D eigenvalue weighted by atomic mass is 10.1. The first kappa shape index (κ1) is 13.1. The maximum atomic E-state index is 12.2. The quantitative estimate of drug-likeness (QED) is 0.757. The highest BCUT2D eigenvalue weighted by Gasteiger charge is 2.10. The number of benzene rings is 1. The first-order valence-corrected chi connectivity index (χ1v) is 6.64. The second-order valence-electron chi connectivity index (χ2n) is 4.67. The lowest BCUT2D eigenvalue weighted by Crippen LogP contribution is -2.27. The molecule has 0 aliphatic rings. The molecule has 0 spiro atoms. The Morgan fingerprint density at radius 3 is 2.95 bits per heavy atom. The maximum absolute atomic E-state index is 12.2. The predicted molar refractivity (Wildman–Crippen MR) is 80.7 cm³/mol. The van der Waals surface area contributed by atoms with Crippen molar-refractivity contribution < 1.29 is 4.79 Å². The molecule has 6 nitrogen and oxygen atoms in total. The van der Waals surface area contributed by atoms with Crippen LogP contribution in [0.15, 0.2) is 48.9 Å². The summed E-state index contributed by atoms with van der Waals surface area (Å²) in [5, 5.41) is 7.88. The molecule has 0 aliphatic carbocycles. The zero-order chi connectivity index (χ0) is 14.7. The van der Waals surface area contributed by atoms with Crippen molar-refractivity contribution in [2.45, 2.75) is 6.54 Å². The van der Waals surface area contributed by atoms with Crippen molar-refractivity contribution in [2.24, 2.45) is 0 Å². The van der Waals surface area contributed by atoms with Gasteiger partial charge in [0.25, 0.3) is 5.91 Å². The molecule has 1 aromatic carbocycles. The van der Waals surface area contributed by atoms with Gasteiger partial charge in [-0.1, -0.05) is 18.2 Å². The van der Waals surface area contributed by atoms with E-state index in [1.807, 2.05) is 24.3 Å². The van der Waals surface area contributed by atoms with E-state index in [0.29, 0.717) is 29.9 Å². The highest BCUT2D eigenvalue weighted by molar-refractivity contribution is 6.05. The zero-order valence-electron chi connectivity index (χ0n) is 11.4. The molecule has 6 heteroatoms. The van der Waals surface area contributed by atoms with Gasteiger partial charge in [0.2, 0.25) is 0 Å². The van der Waals surface area contributed by atoms with Crippen LogP contribution in [-0.4, -0.2) is 27.2 Å². The monoisotopic (exact) mass is 281 g/mol. The molecule has 0 fully saturated rings. The van der Waals surface area contributed by atoms with E-state index in [-0.39, 0.29) is 5.91 Å². The standard InChI is InChI=1S/C15H15N5O/c16-12-9-19-20(10-12)8-7-18-15(21)13-5-1-3-11-4-2-6-17-14(11)13/h1-6,9-10H,7-8,16H2,(H,18,21). The van der Waals surface area contributed by atoms with E-state index < -0.39 is 0 Å². The fourth-order valence-corrected chi connectivity index (χ4v) is 2.17. The van der Waals surface area contributed by atoms with Crippen LogP contribution in [0.2, 0.25) is 0 Å². The van der Waals surface area contributed by atoms with Crippen molar-refractivity contribution in [1.29, 1.82) is 0 Å². The Balaban J connectivity index is 1.69. The summed E-state index contributed by atoms with van der Waals surface area (Å²) in [6.45, 7) is 1.05. The minimum Gasteiger partial charge on any atom is -0.396 e. The molecule has 1 amide bonds. The summed E-state index contributed by atoms with van der Waals surface area (Å²) < 4.78 is 1.69. The average Bonchev–Trinajstić information content (AvgIpc) is 2.92. The number of aromatic nitrogens is 3. The third kappa shape index (κ3) is 2.84. The lowest BCUT2D eigenvalue weighted by molar-refractivity contribution is 0.0953. The summed E-state index contributed by atoms with van der Waals surface area (Å²) in [5.74, 6) is -0.139. The predicted octanol–water partition coefficient (Wildman–Crippen LogP) is 1.44. The molecule has 0 bridgehead atoms. The number of para-hydroxylation sites is 1. The number of nitrogen functional groups attached to an aromatic ring is 1. The van der Waals surface area contributed by atoms with Gasteiger partial charge in [0, 0.05) is 24.3 Å². The van der Waals surface area contributed by atoms with Crippen molar-refractivity contribution >= 4 is 22.5 Å². The van der Waals surface area contributed by atoms with Crippen LogP contribution in [-0.2, 0) is 6.54 Å². The molecule has 0 unspecified atom stereocenters. The van der Waals surface area contributed by atoms with E-state index in [1.54, 1.807) is 29.3 Å². The maximum Gasteiger partial charge on any atom is 0.253 e. The summed E-state index contributed by atoms with van der Waals surface area (Å²) in [4.78, 5) is 16.5. The Morgan fingerprint density at radius 1 is 1.29 bits per heavy atom. The first-order chi connectivity index (χ1) is 10.2. The van der Waals surface area contributed by atoms with E-state index in [4.69, 9.17) is 5.73 Å². The van der Waals surface area contributed by atoms with Crippen LogP contribution in [0.1, 0.15) is 10.4 Å². The number of amides is 1. The molecule has 0 saturated heterocycles. The van der Waals surface area contributed by atoms with Crippen molar-refractivity contribution in [3.63, 3.8) is 0 Å². The molecular weight excluding hydrogens is 266 g/mol. The van der Waals surface area contributed by atoms with Gasteiger partial charge in [-0.3, -0.25) is 14.5 Å². The Hall–Kier alpha value is -2.89. The number of anilines is 1. The van der Waals surface area contributed by atoms with Crippen LogP contribution in [0, 0.1) is 0 Å². The van der Waals surface area contributed by atoms with Gasteiger partial charge >= 0.3 is 0 Å². The van der Waals surface area contributed by atoms with Gasteiger partial charge in [0.05, 0.1) is 29.5 Å². The molecule has 2 heterocycles. The number of rotatable bonds is 4. The van der Waals surface area contributed by atoms with Gasteiger partial charge in [-0.25, -0.2) is 0 Å². The second-order valence-corrected chi connectivity index (χ2v) is 4.67. The Morgan fingerprint density at radius 2 is 2.14 bits per heavy atom. The fraction of sp³-hybridized carbons (Fsp3) is 0.133. The molecule has 3 rings (SSSR count). The lowest BCUT2D eigenvalue weighted by Gasteiger charge is -2.07. The van der Waals surface area contributed by atoms with E-state index >= 15 is 0 Å². The second kappa shape index (κ2) is 5.62. The highest BCUT2D eigenvalue weighted by Crippen LogP contribution is 2.15. The van der Waals surface area contributed by atoms with E-state index in [0.717, 1.165) is 5.39 Å². The molecule has 21 heavy (non-hydrogen) atoms. The summed E-state index contributed by atoms with van der Waals surface area (Å²) in [7, 11) is 0. The van der Waals surface area contributed by atoms with Crippen LogP contribution in [0.5, 0.6) is 0 Å². The molecule has 3 aromatic rings. The van der Waals surface area contributed by atoms with Crippen LogP contribution in [0.25, 0.3) is 10.9 Å². The number of fused-ring (bicyclic) bond motifs is 1. The summed E-state index contributed by atoms with van der Waals surface area (Å²) >= 11 is 0. The number of nitrogens with one attached hydrogen (secondary N) is 1. The molecule has 3 N–H and O–H groups in total. The van der Waals surface area contributed by atoms with E-state index in [2.05, 4.69) is 15.4 Å². The van der Waals surface area contributed by atoms with Crippen LogP contribution < -0.4 is 11.1 Å². The van der Waals surface area contributed by atoms with Crippen LogP contribution in [0.4, 0.5) is 5.69 Å². The normalized spacial score (nSPS) is 10.7. The van der Waals surface area contributed by atoms with Gasteiger partial charge in [0.15, 0.2) is 0 Å². The SMILES string of the molecule is Nc1cnn(CCNC(=O)c2cccc3cccnc23)c1. The largest absolute Gasteiger partial charge is 0.396 e. The third-order valence-electron chi connectivity index (χ3n) is 3.16. The number of pyridine rings is 1. The Kier molecular flexibility index (Phi) is 3.51. The van der Waals surface area contributed by atoms with E-state index in [9.17, 15) is 4.79 Å². The number of hydrogen-bond donors (Lipinski definition) is 2. The van der Waals surface area contributed by atoms with Gasteiger partial charge in [-0.05, 0) is 12.1 Å². The molecule has 0 atom stereocenters. The highest BCUT2D eigenvalue weighted by atomic mass is 16.1. The van der Waals surface area contributed by atoms with Crippen LogP contribution in [0.3, 0.4) is 0 Å². The summed E-state index contributed by atoms with van der Waals surface area (Å²) in [6.07, 6.45) is 4.99. The fourth-order valence-electron chi connectivity index (χ4n) is 2.17. The number of carbonyl (C=O) groups is 1. The molecule has 0 aliphatic heterocycles. The van der Waals surface area contributed by atoms with Gasteiger partial charge in [0.1, 0.15) is 0 Å². The topological polar surface area (TPSA) is 85.8 Å². The van der Waals surface area contributed by atoms with Crippen LogP contribution >= 0.6 is 0 Å². The molecular formula is C15H15N5O. The summed E-state index contributed by atoms with van der Waals surface area (Å²) in [5.41, 5.74) is 7.48. The summed E-state index contributed by atoms with van der Waals surface area (Å²) in [6, 6.07) is 9.35. The first-order valence-electron chi connectivity index (χ1n) is 6.64. The van der Waals surface area contributed by atoms with Crippen molar-refractivity contribution in [3.05, 3.63) is 54.5 Å². The van der Waals surface area contributed by atoms with Gasteiger partial charge in [-0.15, -0.1) is 0 Å². The number of carbonyl (C=O) groups excluding carboxylic acids is 1. The molecule has 2 aromatic heterocycles. The van der Waals surface area contributed by atoms with Gasteiger partial charge < -0.3 is 11.1 Å². The third-order valence-corrected chi connectivity index (χ3v) is 3.16. The number of nitrogens with zero attached hydrogens (tertiary/aromatic N) is 3. The number of hydrogen-bond acceptors (Lipinski definition) is 4. The molecule has 0 radical (unpaired) electrons. The van der Waals surface area contributed by atoms with Crippen molar-refractivity contribution in [3.8, 4) is 0 Å². The average molecular weight is 281 g/mol. The minimum atomic E-state index is -0.139. The number of nitrogens with two attached hydrogens (primary N) is 1. The molecule has 0 saturated carbocycles. The minimum absolute atomic E-state index is 0.139. The smallest absolute Gasteiger partial charge is 0.253 e. The molecule has 106 valence electrons. The van der Waals surface area contributed by atoms with Gasteiger partial charge in [-0.2, -0.15) is 5.10 Å². The Bertz CT molecular complexity index is 775. The van der Waals surface area contributed by atoms with E-state index in [1.165, 1.54) is 0 Å². The zero-order valence-corrected chi connectivity index (χ0v) is 11.4. The van der Waals surface area contributed by atoms with Crippen molar-refractivity contribution in [1.82, 2.24) is 20.1 Å². The van der Waals surface area contributed by atoms with Crippen molar-refractivity contribution in [2.75, 3.05) is 12.3 Å².